The summed E-state index contributed by atoms with van der Waals surface area (Å²) in [5.74, 6) is 0. The van der Waals surface area contributed by atoms with Crippen LogP contribution in [0.4, 0.5) is 0 Å². The van der Waals surface area contributed by atoms with E-state index in [9.17, 15) is 5.21 Å². The Kier molecular flexibility index (Phi) is 2.42. The molecule has 0 aliphatic rings. The van der Waals surface area contributed by atoms with Gasteiger partial charge >= 0.3 is 0 Å². The van der Waals surface area contributed by atoms with Gasteiger partial charge in [-0.25, -0.2) is 0 Å². The summed E-state index contributed by atoms with van der Waals surface area (Å²) in [7, 11) is 0. The first-order valence-corrected chi connectivity index (χ1v) is 4.95. The summed E-state index contributed by atoms with van der Waals surface area (Å²) < 4.78 is 0.905. The molecule has 0 saturated carbocycles. The Morgan fingerprint density at radius 1 is 1.00 bits per heavy atom. The third-order valence-electron chi connectivity index (χ3n) is 2.74. The Hall–Kier alpha value is -1.83. The van der Waals surface area contributed by atoms with E-state index in [-0.39, 0.29) is 0 Å². The molecule has 0 amide bonds. The number of rotatable bonds is 1. The standard InChI is InChI=1S/C13H13NO/c1-10-11(2)14(15)9-8-13(10)12-6-4-3-5-7-12/h3-9H,1-2H3. The van der Waals surface area contributed by atoms with Gasteiger partial charge in [-0.15, -0.1) is 0 Å². The van der Waals surface area contributed by atoms with Gasteiger partial charge in [0.1, 0.15) is 0 Å². The van der Waals surface area contributed by atoms with Gasteiger partial charge in [-0.2, -0.15) is 4.73 Å². The zero-order valence-electron chi connectivity index (χ0n) is 8.90. The van der Waals surface area contributed by atoms with Gasteiger partial charge in [0.05, 0.1) is 0 Å². The van der Waals surface area contributed by atoms with Crippen molar-refractivity contribution in [3.8, 4) is 11.1 Å². The minimum atomic E-state index is 0.761. The number of benzene rings is 1. The van der Waals surface area contributed by atoms with E-state index in [0.717, 1.165) is 27.1 Å². The summed E-state index contributed by atoms with van der Waals surface area (Å²) in [6.45, 7) is 3.82. The monoisotopic (exact) mass is 199 g/mol. The van der Waals surface area contributed by atoms with Gasteiger partial charge in [0.25, 0.3) is 0 Å². The molecule has 0 atom stereocenters. The molecule has 0 radical (unpaired) electrons. The van der Waals surface area contributed by atoms with Crippen molar-refractivity contribution in [2.45, 2.75) is 13.8 Å². The summed E-state index contributed by atoms with van der Waals surface area (Å²) >= 11 is 0. The molecule has 0 spiro atoms. The minimum Gasteiger partial charge on any atom is -0.619 e. The topological polar surface area (TPSA) is 26.9 Å². The molecule has 0 bridgehead atoms. The van der Waals surface area contributed by atoms with Gasteiger partial charge in [-0.3, -0.25) is 0 Å². The van der Waals surface area contributed by atoms with Crippen LogP contribution in [0.25, 0.3) is 11.1 Å². The van der Waals surface area contributed by atoms with Crippen LogP contribution in [0.2, 0.25) is 0 Å². The summed E-state index contributed by atoms with van der Waals surface area (Å²) in [6, 6.07) is 12.0. The lowest BCUT2D eigenvalue weighted by atomic mass is 10.0. The number of hydrogen-bond donors (Lipinski definition) is 0. The van der Waals surface area contributed by atoms with E-state index in [4.69, 9.17) is 0 Å². The molecule has 0 unspecified atom stereocenters. The highest BCUT2D eigenvalue weighted by molar-refractivity contribution is 5.66. The van der Waals surface area contributed by atoms with Crippen molar-refractivity contribution in [3.63, 3.8) is 0 Å². The number of nitrogens with zero attached hydrogens (tertiary/aromatic N) is 1. The first kappa shape index (κ1) is 9.71. The average Bonchev–Trinajstić information content (AvgIpc) is 2.27. The Balaban J connectivity index is 2.60. The van der Waals surface area contributed by atoms with Gasteiger partial charge in [0, 0.05) is 18.6 Å². The number of pyridine rings is 1. The van der Waals surface area contributed by atoms with E-state index < -0.39 is 0 Å². The highest BCUT2D eigenvalue weighted by atomic mass is 16.5. The molecule has 2 nitrogen and oxygen atoms in total. The first-order valence-electron chi connectivity index (χ1n) is 4.95. The van der Waals surface area contributed by atoms with Crippen LogP contribution in [0.5, 0.6) is 0 Å². The van der Waals surface area contributed by atoms with Crippen LogP contribution < -0.4 is 4.73 Å². The molecule has 0 fully saturated rings. The van der Waals surface area contributed by atoms with E-state index in [1.807, 2.05) is 38.1 Å². The lowest BCUT2D eigenvalue weighted by molar-refractivity contribution is -0.612. The fraction of sp³-hybridized carbons (Fsp3) is 0.154. The molecule has 2 heteroatoms. The highest BCUT2D eigenvalue weighted by Gasteiger charge is 2.09. The average molecular weight is 199 g/mol. The Bertz CT molecular complexity index is 477. The summed E-state index contributed by atoms with van der Waals surface area (Å²) in [6.07, 6.45) is 1.56. The SMILES string of the molecule is Cc1c(-c2ccccc2)cc[n+]([O-])c1C. The van der Waals surface area contributed by atoms with Gasteiger partial charge in [0.15, 0.2) is 11.9 Å². The molecule has 0 aliphatic carbocycles. The maximum atomic E-state index is 11.3. The zero-order valence-corrected chi connectivity index (χ0v) is 8.90. The third-order valence-corrected chi connectivity index (χ3v) is 2.74. The fourth-order valence-electron chi connectivity index (χ4n) is 1.67. The lowest BCUT2D eigenvalue weighted by Crippen LogP contribution is -2.30. The van der Waals surface area contributed by atoms with Crippen LogP contribution in [-0.2, 0) is 0 Å². The van der Waals surface area contributed by atoms with E-state index in [1.54, 1.807) is 6.20 Å². The smallest absolute Gasteiger partial charge is 0.193 e. The van der Waals surface area contributed by atoms with E-state index in [2.05, 4.69) is 12.1 Å². The van der Waals surface area contributed by atoms with Gasteiger partial charge in [-0.05, 0) is 18.1 Å². The van der Waals surface area contributed by atoms with Crippen LogP contribution in [0.3, 0.4) is 0 Å². The molecule has 1 heterocycles. The van der Waals surface area contributed by atoms with Crippen LogP contribution in [0.15, 0.2) is 42.6 Å². The van der Waals surface area contributed by atoms with Crippen molar-refractivity contribution < 1.29 is 4.73 Å². The van der Waals surface area contributed by atoms with Crippen LogP contribution in [-0.4, -0.2) is 0 Å². The van der Waals surface area contributed by atoms with E-state index >= 15 is 0 Å². The Morgan fingerprint density at radius 2 is 1.67 bits per heavy atom. The van der Waals surface area contributed by atoms with Crippen molar-refractivity contribution in [1.82, 2.24) is 0 Å². The predicted octanol–water partition coefficient (Wildman–Crippen LogP) is 2.60. The zero-order chi connectivity index (χ0) is 10.8. The minimum absolute atomic E-state index is 0.761. The number of aromatic nitrogens is 1. The summed E-state index contributed by atoms with van der Waals surface area (Å²) in [5.41, 5.74) is 4.08. The molecular formula is C13H13NO. The Labute approximate surface area is 89.4 Å². The van der Waals surface area contributed by atoms with Gasteiger partial charge < -0.3 is 5.21 Å². The van der Waals surface area contributed by atoms with Crippen LogP contribution in [0, 0.1) is 19.1 Å². The van der Waals surface area contributed by atoms with Crippen molar-refractivity contribution in [1.29, 1.82) is 0 Å². The maximum absolute atomic E-state index is 11.3. The molecule has 15 heavy (non-hydrogen) atoms. The molecule has 0 N–H and O–H groups in total. The van der Waals surface area contributed by atoms with E-state index in [1.165, 1.54) is 0 Å². The predicted molar refractivity (Wildman–Crippen MR) is 60.3 cm³/mol. The first-order chi connectivity index (χ1) is 7.20. The molecule has 76 valence electrons. The third kappa shape index (κ3) is 1.71. The van der Waals surface area contributed by atoms with Gasteiger partial charge in [-0.1, -0.05) is 30.3 Å². The second-order valence-corrected chi connectivity index (χ2v) is 3.63. The largest absolute Gasteiger partial charge is 0.619 e. The van der Waals surface area contributed by atoms with Crippen LogP contribution >= 0.6 is 0 Å². The lowest BCUT2D eigenvalue weighted by Gasteiger charge is -2.08. The molecule has 0 aliphatic heterocycles. The molecule has 2 aromatic rings. The summed E-state index contributed by atoms with van der Waals surface area (Å²) in [5, 5.41) is 11.3. The van der Waals surface area contributed by atoms with Crippen LogP contribution in [0.1, 0.15) is 11.3 Å². The van der Waals surface area contributed by atoms with Gasteiger partial charge in [0.2, 0.25) is 0 Å². The van der Waals surface area contributed by atoms with Crippen molar-refractivity contribution in [3.05, 3.63) is 59.1 Å². The Morgan fingerprint density at radius 3 is 2.33 bits per heavy atom. The fourth-order valence-corrected chi connectivity index (χ4v) is 1.67. The summed E-state index contributed by atoms with van der Waals surface area (Å²) in [4.78, 5) is 0. The molecule has 2 rings (SSSR count). The normalized spacial score (nSPS) is 10.3. The second kappa shape index (κ2) is 3.73. The molecule has 1 aromatic carbocycles. The highest BCUT2D eigenvalue weighted by Crippen LogP contribution is 2.22. The molecule has 1 aromatic heterocycles. The quantitative estimate of drug-likeness (QED) is 0.512. The van der Waals surface area contributed by atoms with Crippen molar-refractivity contribution in [2.75, 3.05) is 0 Å². The second-order valence-electron chi connectivity index (χ2n) is 3.63. The molecular weight excluding hydrogens is 186 g/mol. The van der Waals surface area contributed by atoms with E-state index in [0.29, 0.717) is 0 Å². The molecule has 0 saturated heterocycles. The van der Waals surface area contributed by atoms with Crippen molar-refractivity contribution >= 4 is 0 Å². The maximum Gasteiger partial charge on any atom is 0.193 e. The van der Waals surface area contributed by atoms with Crippen molar-refractivity contribution in [2.24, 2.45) is 0 Å². The number of hydrogen-bond acceptors (Lipinski definition) is 1.